The minimum atomic E-state index is -0.00304. The summed E-state index contributed by atoms with van der Waals surface area (Å²) in [6.45, 7) is 6.47. The number of hydrogen-bond acceptors (Lipinski definition) is 5. The fraction of sp³-hybridized carbons (Fsp3) is 0.667. The van der Waals surface area contributed by atoms with Crippen LogP contribution in [0.1, 0.15) is 69.1 Å². The fourth-order valence-electron chi connectivity index (χ4n) is 3.61. The molecule has 1 unspecified atom stereocenters. The molecule has 7 heteroatoms. The lowest BCUT2D eigenvalue weighted by Crippen LogP contribution is -2.32. The number of nitrogens with zero attached hydrogens (tertiary/aromatic N) is 1. The van der Waals surface area contributed by atoms with Gasteiger partial charge in [-0.3, -0.25) is 9.59 Å². The van der Waals surface area contributed by atoms with E-state index in [1.165, 1.54) is 16.9 Å². The van der Waals surface area contributed by atoms with E-state index < -0.39 is 0 Å². The zero-order valence-electron chi connectivity index (χ0n) is 17.1. The average molecular weight is 422 g/mol. The van der Waals surface area contributed by atoms with Crippen molar-refractivity contribution >= 4 is 39.2 Å². The van der Waals surface area contributed by atoms with E-state index in [1.54, 1.807) is 23.1 Å². The molecule has 0 fully saturated rings. The molecular weight excluding hydrogens is 390 g/mol. The van der Waals surface area contributed by atoms with Crippen molar-refractivity contribution < 1.29 is 4.79 Å². The number of aryl methyl sites for hydroxylation is 2. The maximum atomic E-state index is 12.5. The highest BCUT2D eigenvalue weighted by Gasteiger charge is 2.19. The van der Waals surface area contributed by atoms with Crippen LogP contribution < -0.4 is 10.9 Å². The lowest BCUT2D eigenvalue weighted by atomic mass is 9.97. The van der Waals surface area contributed by atoms with Crippen LogP contribution in [0.2, 0.25) is 0 Å². The van der Waals surface area contributed by atoms with Gasteiger partial charge in [0.2, 0.25) is 5.91 Å². The van der Waals surface area contributed by atoms with Crippen molar-refractivity contribution in [2.45, 2.75) is 77.5 Å². The van der Waals surface area contributed by atoms with Crippen molar-refractivity contribution in [3.63, 3.8) is 0 Å². The number of thiophene rings is 1. The topological polar surface area (TPSA) is 74.8 Å². The van der Waals surface area contributed by atoms with Crippen LogP contribution >= 0.6 is 23.1 Å². The summed E-state index contributed by atoms with van der Waals surface area (Å²) in [6, 6.07) is 0.227. The number of aromatic nitrogens is 2. The van der Waals surface area contributed by atoms with Crippen LogP contribution in [0.4, 0.5) is 0 Å². The van der Waals surface area contributed by atoms with Gasteiger partial charge in [0.15, 0.2) is 0 Å². The Bertz CT molecular complexity index is 872. The second kappa shape index (κ2) is 9.92. The molecule has 5 nitrogen and oxygen atoms in total. The Labute approximate surface area is 175 Å². The Morgan fingerprint density at radius 2 is 2.04 bits per heavy atom. The van der Waals surface area contributed by atoms with Crippen LogP contribution in [0.3, 0.4) is 0 Å². The second-order valence-corrected chi connectivity index (χ2v) is 10.3. The molecule has 0 spiro atoms. The van der Waals surface area contributed by atoms with Crippen molar-refractivity contribution in [2.24, 2.45) is 5.92 Å². The number of aromatic amines is 1. The standard InChI is InChI=1S/C21H31N3O2S2/c1-13(2)8-9-14(3)22-18(25)10-11-27-12-17-23-20(26)19-15-6-4-5-7-16(15)28-21(19)24-17/h13-14H,4-12H2,1-3H3,(H,22,25)(H,23,24,26). The van der Waals surface area contributed by atoms with Crippen LogP contribution in [0.15, 0.2) is 4.79 Å². The van der Waals surface area contributed by atoms with Gasteiger partial charge in [-0.25, -0.2) is 4.98 Å². The molecule has 1 aliphatic rings. The van der Waals surface area contributed by atoms with Gasteiger partial charge in [-0.05, 0) is 56.9 Å². The molecular formula is C21H31N3O2S2. The summed E-state index contributed by atoms with van der Waals surface area (Å²) in [5.41, 5.74) is 1.22. The highest BCUT2D eigenvalue weighted by atomic mass is 32.2. The molecule has 28 heavy (non-hydrogen) atoms. The molecule has 0 bridgehead atoms. The Morgan fingerprint density at radius 3 is 2.82 bits per heavy atom. The highest BCUT2D eigenvalue weighted by Crippen LogP contribution is 2.33. The zero-order valence-corrected chi connectivity index (χ0v) is 18.7. The van der Waals surface area contributed by atoms with Gasteiger partial charge in [-0.2, -0.15) is 11.8 Å². The number of thioether (sulfide) groups is 1. The number of carbonyl (C=O) groups is 1. The summed E-state index contributed by atoms with van der Waals surface area (Å²) in [5, 5.41) is 3.88. The Kier molecular flexibility index (Phi) is 7.57. The predicted molar refractivity (Wildman–Crippen MR) is 119 cm³/mol. The number of H-pyrrole nitrogens is 1. The van der Waals surface area contributed by atoms with Gasteiger partial charge in [0.25, 0.3) is 5.56 Å². The number of rotatable bonds is 9. The van der Waals surface area contributed by atoms with Crippen molar-refractivity contribution in [1.82, 2.24) is 15.3 Å². The van der Waals surface area contributed by atoms with Crippen LogP contribution in [-0.2, 0) is 23.4 Å². The Balaban J connectivity index is 1.48. The van der Waals surface area contributed by atoms with Gasteiger partial charge >= 0.3 is 0 Å². The van der Waals surface area contributed by atoms with Crippen molar-refractivity contribution in [1.29, 1.82) is 0 Å². The summed E-state index contributed by atoms with van der Waals surface area (Å²) in [5.74, 6) is 2.84. The molecule has 0 aliphatic heterocycles. The quantitative estimate of drug-likeness (QED) is 0.588. The number of amides is 1. The molecule has 2 N–H and O–H groups in total. The van der Waals surface area contributed by atoms with Gasteiger partial charge in [-0.1, -0.05) is 13.8 Å². The average Bonchev–Trinajstić information content (AvgIpc) is 3.02. The van der Waals surface area contributed by atoms with Gasteiger partial charge < -0.3 is 10.3 Å². The summed E-state index contributed by atoms with van der Waals surface area (Å²) in [4.78, 5) is 34.5. The molecule has 3 rings (SSSR count). The molecule has 2 aromatic heterocycles. The smallest absolute Gasteiger partial charge is 0.259 e. The number of carbonyl (C=O) groups excluding carboxylic acids is 1. The molecule has 1 aliphatic carbocycles. The van der Waals surface area contributed by atoms with E-state index in [9.17, 15) is 9.59 Å². The lowest BCUT2D eigenvalue weighted by molar-refractivity contribution is -0.121. The predicted octanol–water partition coefficient (Wildman–Crippen LogP) is 4.43. The highest BCUT2D eigenvalue weighted by molar-refractivity contribution is 7.98. The molecule has 0 saturated heterocycles. The normalized spacial score (nSPS) is 15.0. The third-order valence-electron chi connectivity index (χ3n) is 5.17. The van der Waals surface area contributed by atoms with Crippen LogP contribution in [0.5, 0.6) is 0 Å². The van der Waals surface area contributed by atoms with Crippen LogP contribution in [0.25, 0.3) is 10.2 Å². The fourth-order valence-corrected chi connectivity index (χ4v) is 5.70. The molecule has 1 amide bonds. The number of fused-ring (bicyclic) bond motifs is 3. The minimum absolute atomic E-state index is 0.00304. The van der Waals surface area contributed by atoms with E-state index in [2.05, 4.69) is 36.1 Å². The molecule has 0 aromatic carbocycles. The first kappa shape index (κ1) is 21.4. The summed E-state index contributed by atoms with van der Waals surface area (Å²) in [7, 11) is 0. The van der Waals surface area contributed by atoms with Gasteiger partial charge in [0, 0.05) is 23.1 Å². The lowest BCUT2D eigenvalue weighted by Gasteiger charge is -2.14. The largest absolute Gasteiger partial charge is 0.354 e. The molecule has 0 radical (unpaired) electrons. The molecule has 1 atom stereocenters. The molecule has 0 saturated carbocycles. The summed E-state index contributed by atoms with van der Waals surface area (Å²) >= 11 is 3.32. The van der Waals surface area contributed by atoms with E-state index in [0.717, 1.165) is 48.1 Å². The third kappa shape index (κ3) is 5.60. The zero-order chi connectivity index (χ0) is 20.1. The number of hydrogen-bond donors (Lipinski definition) is 2. The summed E-state index contributed by atoms with van der Waals surface area (Å²) < 4.78 is 0. The van der Waals surface area contributed by atoms with Crippen molar-refractivity contribution in [3.05, 3.63) is 26.6 Å². The maximum absolute atomic E-state index is 12.5. The van der Waals surface area contributed by atoms with Crippen LogP contribution in [-0.4, -0.2) is 27.7 Å². The van der Waals surface area contributed by atoms with Gasteiger partial charge in [-0.15, -0.1) is 11.3 Å². The number of nitrogens with one attached hydrogen (secondary N) is 2. The second-order valence-electron chi connectivity index (χ2n) is 8.15. The van der Waals surface area contributed by atoms with Gasteiger partial charge in [0.05, 0.1) is 11.1 Å². The van der Waals surface area contributed by atoms with Crippen LogP contribution in [0, 0.1) is 5.92 Å². The Hall–Kier alpha value is -1.34. The van der Waals surface area contributed by atoms with E-state index in [1.807, 2.05) is 0 Å². The van der Waals surface area contributed by atoms with E-state index in [4.69, 9.17) is 0 Å². The van der Waals surface area contributed by atoms with E-state index in [-0.39, 0.29) is 17.5 Å². The SMILES string of the molecule is CC(C)CCC(C)NC(=O)CCSCc1nc2sc3c(c2c(=O)[nH]1)CCCC3. The molecule has 2 heterocycles. The van der Waals surface area contributed by atoms with Crippen molar-refractivity contribution in [2.75, 3.05) is 5.75 Å². The third-order valence-corrected chi connectivity index (χ3v) is 7.33. The monoisotopic (exact) mass is 421 g/mol. The molecule has 2 aromatic rings. The van der Waals surface area contributed by atoms with Crippen molar-refractivity contribution in [3.8, 4) is 0 Å². The van der Waals surface area contributed by atoms with Gasteiger partial charge in [0.1, 0.15) is 10.7 Å². The minimum Gasteiger partial charge on any atom is -0.354 e. The van der Waals surface area contributed by atoms with E-state index >= 15 is 0 Å². The first-order chi connectivity index (χ1) is 13.4. The molecule has 154 valence electrons. The summed E-state index contributed by atoms with van der Waals surface area (Å²) in [6.07, 6.45) is 7.09. The Morgan fingerprint density at radius 1 is 1.25 bits per heavy atom. The first-order valence-electron chi connectivity index (χ1n) is 10.3. The van der Waals surface area contributed by atoms with E-state index in [0.29, 0.717) is 23.9 Å². The first-order valence-corrected chi connectivity index (χ1v) is 12.3. The maximum Gasteiger partial charge on any atom is 0.259 e.